The first-order valence-corrected chi connectivity index (χ1v) is 14.9. The fourth-order valence-corrected chi connectivity index (χ4v) is 7.10. The summed E-state index contributed by atoms with van der Waals surface area (Å²) in [7, 11) is 0. The van der Waals surface area contributed by atoms with E-state index in [0.29, 0.717) is 0 Å². The van der Waals surface area contributed by atoms with E-state index in [1.807, 2.05) is 0 Å². The lowest BCUT2D eigenvalue weighted by atomic mass is 9.77. The van der Waals surface area contributed by atoms with E-state index in [1.165, 1.54) is 81.7 Å². The zero-order valence-electron chi connectivity index (χ0n) is 24.3. The summed E-state index contributed by atoms with van der Waals surface area (Å²) in [6.07, 6.45) is 0. The fourth-order valence-electron chi connectivity index (χ4n) is 7.10. The average Bonchev–Trinajstić information content (AvgIpc) is 3.02. The van der Waals surface area contributed by atoms with Gasteiger partial charge in [0.05, 0.1) is 0 Å². The van der Waals surface area contributed by atoms with Crippen molar-refractivity contribution in [3.63, 3.8) is 0 Å². The molecule has 0 aliphatic heterocycles. The molecule has 0 aromatic heterocycles. The SMILES string of the molecule is CC(C)(C)c1c2ccccc2c(-c2ccc3ccccc3c2)c2ccc(-c3cc4ccccc4c4ccccc34)cc12. The highest BCUT2D eigenvalue weighted by Gasteiger charge is 2.24. The first kappa shape index (κ1) is 24.8. The lowest BCUT2D eigenvalue weighted by Crippen LogP contribution is -2.13. The summed E-state index contributed by atoms with van der Waals surface area (Å²) in [6.45, 7) is 7.05. The van der Waals surface area contributed by atoms with Crippen molar-refractivity contribution in [3.8, 4) is 22.3 Å². The van der Waals surface area contributed by atoms with Crippen LogP contribution in [0, 0.1) is 0 Å². The molecule has 0 aliphatic rings. The molecule has 0 spiro atoms. The predicted octanol–water partition coefficient (Wildman–Crippen LogP) is 12.1. The summed E-state index contributed by atoms with van der Waals surface area (Å²) in [5.74, 6) is 0. The summed E-state index contributed by atoms with van der Waals surface area (Å²) < 4.78 is 0. The van der Waals surface area contributed by atoms with Crippen LogP contribution < -0.4 is 0 Å². The van der Waals surface area contributed by atoms with Crippen LogP contribution in [0.5, 0.6) is 0 Å². The van der Waals surface area contributed by atoms with Crippen LogP contribution in [0.4, 0.5) is 0 Å². The van der Waals surface area contributed by atoms with E-state index in [0.717, 1.165) is 0 Å². The molecule has 0 radical (unpaired) electrons. The molecule has 8 aromatic carbocycles. The van der Waals surface area contributed by atoms with Crippen molar-refractivity contribution in [1.82, 2.24) is 0 Å². The summed E-state index contributed by atoms with van der Waals surface area (Å²) >= 11 is 0. The Bertz CT molecular complexity index is 2330. The average molecular weight is 537 g/mol. The van der Waals surface area contributed by atoms with Crippen molar-refractivity contribution in [2.24, 2.45) is 0 Å². The van der Waals surface area contributed by atoms with Crippen LogP contribution in [-0.2, 0) is 5.41 Å². The van der Waals surface area contributed by atoms with Crippen molar-refractivity contribution in [1.29, 1.82) is 0 Å². The summed E-state index contributed by atoms with van der Waals surface area (Å²) in [5, 5.41) is 13.0. The van der Waals surface area contributed by atoms with Crippen LogP contribution in [0.1, 0.15) is 26.3 Å². The smallest absolute Gasteiger partial charge is 0.00264 e. The van der Waals surface area contributed by atoms with Gasteiger partial charge in [0.1, 0.15) is 0 Å². The number of fused-ring (bicyclic) bond motifs is 6. The van der Waals surface area contributed by atoms with Crippen LogP contribution >= 0.6 is 0 Å². The van der Waals surface area contributed by atoms with Gasteiger partial charge in [-0.15, -0.1) is 0 Å². The number of hydrogen-bond donors (Lipinski definition) is 0. The highest BCUT2D eigenvalue weighted by atomic mass is 14.3. The van der Waals surface area contributed by atoms with Crippen molar-refractivity contribution in [2.45, 2.75) is 26.2 Å². The Balaban J connectivity index is 1.50. The van der Waals surface area contributed by atoms with E-state index in [-0.39, 0.29) is 5.41 Å². The Morgan fingerprint density at radius 2 is 0.929 bits per heavy atom. The third-order valence-electron chi connectivity index (χ3n) is 8.89. The summed E-state index contributed by atoms with van der Waals surface area (Å²) in [6, 6.07) is 51.7. The quantitative estimate of drug-likeness (QED) is 0.152. The molecule has 0 saturated heterocycles. The summed E-state index contributed by atoms with van der Waals surface area (Å²) in [5.41, 5.74) is 6.49. The van der Waals surface area contributed by atoms with Crippen LogP contribution in [0.15, 0.2) is 140 Å². The van der Waals surface area contributed by atoms with E-state index in [4.69, 9.17) is 0 Å². The standard InChI is InChI=1S/C42H32/c1-42(2,3)41-37-19-11-10-18-35(37)40(31-21-20-27-12-4-5-13-28(27)24-31)36-23-22-30(26-39(36)41)38-25-29-14-6-7-15-32(29)33-16-8-9-17-34(33)38/h4-26H,1-3H3. The topological polar surface area (TPSA) is 0 Å². The van der Waals surface area contributed by atoms with Gasteiger partial charge in [0, 0.05) is 0 Å². The van der Waals surface area contributed by atoms with Crippen molar-refractivity contribution < 1.29 is 0 Å². The highest BCUT2D eigenvalue weighted by molar-refractivity contribution is 6.18. The summed E-state index contributed by atoms with van der Waals surface area (Å²) in [4.78, 5) is 0. The normalized spacial score (nSPS) is 12.2. The van der Waals surface area contributed by atoms with Gasteiger partial charge >= 0.3 is 0 Å². The molecule has 0 nitrogen and oxygen atoms in total. The Morgan fingerprint density at radius 3 is 1.69 bits per heavy atom. The van der Waals surface area contributed by atoms with Gasteiger partial charge in [0.25, 0.3) is 0 Å². The zero-order chi connectivity index (χ0) is 28.4. The van der Waals surface area contributed by atoms with Gasteiger partial charge in [-0.3, -0.25) is 0 Å². The molecule has 0 bridgehead atoms. The monoisotopic (exact) mass is 536 g/mol. The minimum atomic E-state index is -0.0379. The van der Waals surface area contributed by atoms with Gasteiger partial charge in [-0.05, 0) is 105 Å². The minimum Gasteiger partial charge on any atom is -0.0616 e. The molecule has 42 heavy (non-hydrogen) atoms. The van der Waals surface area contributed by atoms with Gasteiger partial charge in [-0.25, -0.2) is 0 Å². The number of benzene rings is 8. The van der Waals surface area contributed by atoms with E-state index in [2.05, 4.69) is 160 Å². The maximum Gasteiger partial charge on any atom is -0.00264 e. The first-order valence-electron chi connectivity index (χ1n) is 14.9. The Labute approximate surface area is 246 Å². The number of rotatable bonds is 2. The second kappa shape index (κ2) is 9.29. The molecule has 0 fully saturated rings. The lowest BCUT2D eigenvalue weighted by Gasteiger charge is -2.27. The maximum atomic E-state index is 2.46. The molecular formula is C42H32. The largest absolute Gasteiger partial charge is 0.0616 e. The van der Waals surface area contributed by atoms with Crippen LogP contribution in [0.3, 0.4) is 0 Å². The highest BCUT2D eigenvalue weighted by Crippen LogP contribution is 2.46. The fraction of sp³-hybridized carbons (Fsp3) is 0.0952. The van der Waals surface area contributed by atoms with Crippen LogP contribution in [0.25, 0.3) is 76.1 Å². The molecule has 0 saturated carbocycles. The van der Waals surface area contributed by atoms with E-state index < -0.39 is 0 Å². The molecule has 8 aromatic rings. The van der Waals surface area contributed by atoms with Gasteiger partial charge in [0.2, 0.25) is 0 Å². The molecule has 0 atom stereocenters. The van der Waals surface area contributed by atoms with Crippen molar-refractivity contribution >= 4 is 53.9 Å². The zero-order valence-corrected chi connectivity index (χ0v) is 24.3. The van der Waals surface area contributed by atoms with Crippen molar-refractivity contribution in [3.05, 3.63) is 145 Å². The van der Waals surface area contributed by atoms with E-state index in [9.17, 15) is 0 Å². The molecule has 200 valence electrons. The third kappa shape index (κ3) is 3.83. The molecule has 8 rings (SSSR count). The first-order chi connectivity index (χ1) is 20.5. The lowest BCUT2D eigenvalue weighted by molar-refractivity contribution is 0.601. The Kier molecular flexibility index (Phi) is 5.49. The van der Waals surface area contributed by atoms with Crippen molar-refractivity contribution in [2.75, 3.05) is 0 Å². The van der Waals surface area contributed by atoms with Gasteiger partial charge in [-0.1, -0.05) is 142 Å². The molecule has 0 heterocycles. The molecule has 0 amide bonds. The minimum absolute atomic E-state index is 0.0379. The second-order valence-electron chi connectivity index (χ2n) is 12.6. The van der Waals surface area contributed by atoms with Gasteiger partial charge in [-0.2, -0.15) is 0 Å². The second-order valence-corrected chi connectivity index (χ2v) is 12.6. The Morgan fingerprint density at radius 1 is 0.357 bits per heavy atom. The van der Waals surface area contributed by atoms with Crippen LogP contribution in [0.2, 0.25) is 0 Å². The predicted molar refractivity (Wildman–Crippen MR) is 184 cm³/mol. The molecule has 0 heteroatoms. The van der Waals surface area contributed by atoms with E-state index in [1.54, 1.807) is 0 Å². The Hall–Kier alpha value is -4.94. The van der Waals surface area contributed by atoms with Gasteiger partial charge < -0.3 is 0 Å². The molecule has 0 N–H and O–H groups in total. The molecular weight excluding hydrogens is 504 g/mol. The van der Waals surface area contributed by atoms with E-state index >= 15 is 0 Å². The van der Waals surface area contributed by atoms with Gasteiger partial charge in [0.15, 0.2) is 0 Å². The maximum absolute atomic E-state index is 2.46. The third-order valence-corrected chi connectivity index (χ3v) is 8.89. The van der Waals surface area contributed by atoms with Crippen LogP contribution in [-0.4, -0.2) is 0 Å². The molecule has 0 aliphatic carbocycles. The molecule has 0 unspecified atom stereocenters. The number of hydrogen-bond acceptors (Lipinski definition) is 0.